The van der Waals surface area contributed by atoms with Crippen molar-refractivity contribution in [1.29, 1.82) is 0 Å². The average molecular weight is 264 g/mol. The van der Waals surface area contributed by atoms with Crippen LogP contribution in [-0.4, -0.2) is 23.2 Å². The fourth-order valence-corrected chi connectivity index (χ4v) is 1.85. The van der Waals surface area contributed by atoms with Gasteiger partial charge in [0.15, 0.2) is 0 Å². The van der Waals surface area contributed by atoms with Crippen LogP contribution in [-0.2, 0) is 9.59 Å². The van der Waals surface area contributed by atoms with Crippen LogP contribution in [0.3, 0.4) is 0 Å². The van der Waals surface area contributed by atoms with E-state index in [0.717, 1.165) is 11.8 Å². The minimum absolute atomic E-state index is 0.0206. The third-order valence-electron chi connectivity index (χ3n) is 2.73. The molecule has 0 aliphatic carbocycles. The van der Waals surface area contributed by atoms with Gasteiger partial charge in [-0.1, -0.05) is 29.8 Å². The Bertz CT molecular complexity index is 590. The SMILES string of the molecule is Cc1cc(C2C=C(C(=O)O)C=NC2=O)ccc1Cl. The molecule has 1 aromatic carbocycles. The van der Waals surface area contributed by atoms with Crippen molar-refractivity contribution in [2.45, 2.75) is 12.8 Å². The highest BCUT2D eigenvalue weighted by atomic mass is 35.5. The molecule has 18 heavy (non-hydrogen) atoms. The molecule has 0 spiro atoms. The molecule has 1 aliphatic rings. The minimum atomic E-state index is -1.10. The van der Waals surface area contributed by atoms with Crippen LogP contribution >= 0.6 is 11.6 Å². The highest BCUT2D eigenvalue weighted by Gasteiger charge is 2.23. The lowest BCUT2D eigenvalue weighted by atomic mass is 9.93. The number of halogens is 1. The zero-order valence-corrected chi connectivity index (χ0v) is 10.3. The number of aryl methyl sites for hydroxylation is 1. The maximum absolute atomic E-state index is 11.7. The Morgan fingerprint density at radius 2 is 2.17 bits per heavy atom. The van der Waals surface area contributed by atoms with Crippen LogP contribution in [0.15, 0.2) is 34.8 Å². The fraction of sp³-hybridized carbons (Fsp3) is 0.154. The number of carbonyl (C=O) groups is 2. The van der Waals surface area contributed by atoms with E-state index in [1.54, 1.807) is 18.2 Å². The molecule has 0 saturated heterocycles. The highest BCUT2D eigenvalue weighted by molar-refractivity contribution is 6.31. The van der Waals surface area contributed by atoms with Crippen LogP contribution < -0.4 is 0 Å². The van der Waals surface area contributed by atoms with Crippen LogP contribution in [0.1, 0.15) is 17.0 Å². The number of hydrogen-bond acceptors (Lipinski definition) is 2. The van der Waals surface area contributed by atoms with Crippen LogP contribution in [0.25, 0.3) is 0 Å². The smallest absolute Gasteiger partial charge is 0.336 e. The van der Waals surface area contributed by atoms with Crippen molar-refractivity contribution < 1.29 is 14.7 Å². The third kappa shape index (κ3) is 2.33. The summed E-state index contributed by atoms with van der Waals surface area (Å²) >= 11 is 5.91. The van der Waals surface area contributed by atoms with Crippen molar-refractivity contribution in [1.82, 2.24) is 0 Å². The summed E-state index contributed by atoms with van der Waals surface area (Å²) in [6.45, 7) is 1.82. The van der Waals surface area contributed by atoms with E-state index in [-0.39, 0.29) is 11.5 Å². The van der Waals surface area contributed by atoms with Gasteiger partial charge in [-0.25, -0.2) is 9.79 Å². The number of amides is 1. The number of carboxylic acid groups (broad SMARTS) is 1. The van der Waals surface area contributed by atoms with Gasteiger partial charge in [0, 0.05) is 11.2 Å². The average Bonchev–Trinajstić information content (AvgIpc) is 2.33. The molecule has 0 aromatic heterocycles. The van der Waals surface area contributed by atoms with E-state index in [1.807, 2.05) is 6.92 Å². The third-order valence-corrected chi connectivity index (χ3v) is 3.16. The summed E-state index contributed by atoms with van der Waals surface area (Å²) in [7, 11) is 0. The normalized spacial score (nSPS) is 18.7. The molecule has 1 amide bonds. The zero-order valence-electron chi connectivity index (χ0n) is 9.55. The van der Waals surface area contributed by atoms with Crippen molar-refractivity contribution in [2.75, 3.05) is 0 Å². The molecule has 5 heteroatoms. The monoisotopic (exact) mass is 263 g/mol. The van der Waals surface area contributed by atoms with E-state index < -0.39 is 11.9 Å². The molecule has 1 unspecified atom stereocenters. The van der Waals surface area contributed by atoms with Gasteiger partial charge in [0.05, 0.1) is 11.5 Å². The van der Waals surface area contributed by atoms with Gasteiger partial charge in [0.2, 0.25) is 0 Å². The van der Waals surface area contributed by atoms with Crippen LogP contribution in [0.4, 0.5) is 0 Å². The molecule has 0 saturated carbocycles. The summed E-state index contributed by atoms with van der Waals surface area (Å²) in [6.07, 6.45) is 2.48. The number of dihydropyridines is 1. The number of benzene rings is 1. The van der Waals surface area contributed by atoms with Gasteiger partial charge in [-0.2, -0.15) is 0 Å². The van der Waals surface area contributed by atoms with E-state index >= 15 is 0 Å². The highest BCUT2D eigenvalue weighted by Crippen LogP contribution is 2.26. The van der Waals surface area contributed by atoms with E-state index in [0.29, 0.717) is 10.6 Å². The maximum Gasteiger partial charge on any atom is 0.336 e. The molecule has 1 N–H and O–H groups in total. The molecule has 92 valence electrons. The maximum atomic E-state index is 11.7. The first-order valence-corrected chi connectivity index (χ1v) is 5.66. The summed E-state index contributed by atoms with van der Waals surface area (Å²) in [5.74, 6) is -2.12. The number of aliphatic imine (C=N–C) groups is 1. The van der Waals surface area contributed by atoms with E-state index in [1.165, 1.54) is 6.08 Å². The minimum Gasteiger partial charge on any atom is -0.478 e. The first-order valence-electron chi connectivity index (χ1n) is 5.28. The van der Waals surface area contributed by atoms with Crippen molar-refractivity contribution in [3.63, 3.8) is 0 Å². The van der Waals surface area contributed by atoms with Gasteiger partial charge in [-0.15, -0.1) is 0 Å². The Labute approximate surface area is 109 Å². The lowest BCUT2D eigenvalue weighted by molar-refractivity contribution is -0.132. The first-order chi connectivity index (χ1) is 8.49. The molecule has 2 rings (SSSR count). The Kier molecular flexibility index (Phi) is 3.30. The molecule has 1 heterocycles. The van der Waals surface area contributed by atoms with Crippen molar-refractivity contribution in [3.05, 3.63) is 46.0 Å². The predicted molar refractivity (Wildman–Crippen MR) is 68.1 cm³/mol. The molecular formula is C13H10ClNO3. The Morgan fingerprint density at radius 3 is 2.78 bits per heavy atom. The Hall–Kier alpha value is -1.94. The second-order valence-electron chi connectivity index (χ2n) is 4.01. The number of hydrogen-bond donors (Lipinski definition) is 1. The summed E-state index contributed by atoms with van der Waals surface area (Å²) in [5, 5.41) is 9.50. The van der Waals surface area contributed by atoms with Crippen LogP contribution in [0.5, 0.6) is 0 Å². The van der Waals surface area contributed by atoms with Crippen LogP contribution in [0.2, 0.25) is 5.02 Å². The summed E-state index contributed by atoms with van der Waals surface area (Å²) in [5.41, 5.74) is 1.55. The van der Waals surface area contributed by atoms with E-state index in [4.69, 9.17) is 16.7 Å². The second-order valence-corrected chi connectivity index (χ2v) is 4.42. The lowest BCUT2D eigenvalue weighted by Crippen LogP contribution is -2.17. The molecule has 1 aliphatic heterocycles. The Balaban J connectivity index is 2.42. The van der Waals surface area contributed by atoms with E-state index in [2.05, 4.69) is 4.99 Å². The number of carbonyl (C=O) groups excluding carboxylic acids is 1. The molecule has 4 nitrogen and oxygen atoms in total. The fourth-order valence-electron chi connectivity index (χ4n) is 1.73. The van der Waals surface area contributed by atoms with Crippen LogP contribution in [0, 0.1) is 6.92 Å². The predicted octanol–water partition coefficient (Wildman–Crippen LogP) is 2.35. The number of nitrogens with zero attached hydrogens (tertiary/aromatic N) is 1. The molecule has 0 fully saturated rings. The van der Waals surface area contributed by atoms with Crippen molar-refractivity contribution >= 4 is 29.7 Å². The lowest BCUT2D eigenvalue weighted by Gasteiger charge is -2.14. The molecule has 0 radical (unpaired) electrons. The van der Waals surface area contributed by atoms with Gasteiger partial charge in [0.1, 0.15) is 0 Å². The van der Waals surface area contributed by atoms with Gasteiger partial charge in [-0.3, -0.25) is 4.79 Å². The number of aliphatic carboxylic acids is 1. The van der Waals surface area contributed by atoms with E-state index in [9.17, 15) is 9.59 Å². The van der Waals surface area contributed by atoms with Gasteiger partial charge < -0.3 is 5.11 Å². The molecule has 0 bridgehead atoms. The number of carboxylic acids is 1. The van der Waals surface area contributed by atoms with Crippen molar-refractivity contribution in [2.24, 2.45) is 4.99 Å². The second kappa shape index (κ2) is 4.74. The summed E-state index contributed by atoms with van der Waals surface area (Å²) < 4.78 is 0. The largest absolute Gasteiger partial charge is 0.478 e. The van der Waals surface area contributed by atoms with Gasteiger partial charge >= 0.3 is 5.97 Å². The summed E-state index contributed by atoms with van der Waals surface area (Å²) in [4.78, 5) is 26.2. The molecule has 1 aromatic rings. The quantitative estimate of drug-likeness (QED) is 0.891. The van der Waals surface area contributed by atoms with Crippen molar-refractivity contribution in [3.8, 4) is 0 Å². The van der Waals surface area contributed by atoms with Gasteiger partial charge in [-0.05, 0) is 24.1 Å². The molecular weight excluding hydrogens is 254 g/mol. The topological polar surface area (TPSA) is 66.7 Å². The summed E-state index contributed by atoms with van der Waals surface area (Å²) in [6, 6.07) is 5.16. The first kappa shape index (κ1) is 12.5. The standard InChI is InChI=1S/C13H10ClNO3/c1-7-4-8(2-3-11(7)14)10-5-9(13(17)18)6-15-12(10)16/h2-6,10H,1H3,(H,17,18). The van der Waals surface area contributed by atoms with Gasteiger partial charge in [0.25, 0.3) is 5.91 Å². The zero-order chi connectivity index (χ0) is 13.3. The Morgan fingerprint density at radius 1 is 1.44 bits per heavy atom. The molecule has 1 atom stereocenters. The number of rotatable bonds is 2.